The molecule has 2 aromatic rings. The third kappa shape index (κ3) is 4.23. The zero-order valence-corrected chi connectivity index (χ0v) is 12.7. The molecule has 0 aliphatic heterocycles. The van der Waals surface area contributed by atoms with Crippen LogP contribution < -0.4 is 5.43 Å². The predicted molar refractivity (Wildman–Crippen MR) is 92.0 cm³/mol. The summed E-state index contributed by atoms with van der Waals surface area (Å²) in [5, 5.41) is 25.6. The molecular formula is C16H14N4O4. The van der Waals surface area contributed by atoms with Crippen molar-refractivity contribution in [1.82, 2.24) is 0 Å². The van der Waals surface area contributed by atoms with E-state index in [1.54, 1.807) is 6.08 Å². The highest BCUT2D eigenvalue weighted by molar-refractivity contribution is 5.84. The Morgan fingerprint density at radius 1 is 1.08 bits per heavy atom. The van der Waals surface area contributed by atoms with Gasteiger partial charge in [-0.2, -0.15) is 5.10 Å². The molecule has 0 bridgehead atoms. The zero-order valence-electron chi connectivity index (χ0n) is 12.7. The van der Waals surface area contributed by atoms with E-state index in [9.17, 15) is 20.2 Å². The van der Waals surface area contributed by atoms with Gasteiger partial charge in [-0.3, -0.25) is 25.7 Å². The van der Waals surface area contributed by atoms with E-state index in [4.69, 9.17) is 0 Å². The van der Waals surface area contributed by atoms with E-state index < -0.39 is 15.5 Å². The van der Waals surface area contributed by atoms with Gasteiger partial charge in [0.25, 0.3) is 5.69 Å². The highest BCUT2D eigenvalue weighted by Crippen LogP contribution is 2.28. The number of nitrogens with one attached hydrogen (secondary N) is 1. The average molecular weight is 326 g/mol. The summed E-state index contributed by atoms with van der Waals surface area (Å²) < 4.78 is 0. The highest BCUT2D eigenvalue weighted by Gasteiger charge is 2.18. The fourth-order valence-corrected chi connectivity index (χ4v) is 1.93. The lowest BCUT2D eigenvalue weighted by Gasteiger charge is -2.02. The Bertz CT molecular complexity index is 816. The van der Waals surface area contributed by atoms with E-state index >= 15 is 0 Å². The van der Waals surface area contributed by atoms with Gasteiger partial charge in [-0.25, -0.2) is 0 Å². The van der Waals surface area contributed by atoms with Crippen LogP contribution in [0.5, 0.6) is 0 Å². The third-order valence-electron chi connectivity index (χ3n) is 3.20. The van der Waals surface area contributed by atoms with Crippen molar-refractivity contribution in [2.45, 2.75) is 6.92 Å². The second kappa shape index (κ2) is 7.63. The summed E-state index contributed by atoms with van der Waals surface area (Å²) in [5.41, 5.74) is 3.85. The number of non-ortho nitro benzene ring substituents is 1. The van der Waals surface area contributed by atoms with Gasteiger partial charge < -0.3 is 0 Å². The lowest BCUT2D eigenvalue weighted by molar-refractivity contribution is -0.393. The predicted octanol–water partition coefficient (Wildman–Crippen LogP) is 4.00. The summed E-state index contributed by atoms with van der Waals surface area (Å²) in [6, 6.07) is 13.0. The number of anilines is 1. The van der Waals surface area contributed by atoms with E-state index in [0.29, 0.717) is 0 Å². The molecule has 0 saturated carbocycles. The smallest absolute Gasteiger partial charge is 0.272 e. The van der Waals surface area contributed by atoms with Crippen LogP contribution >= 0.6 is 0 Å². The highest BCUT2D eigenvalue weighted by atomic mass is 16.6. The molecule has 0 radical (unpaired) electrons. The van der Waals surface area contributed by atoms with E-state index in [-0.39, 0.29) is 11.4 Å². The van der Waals surface area contributed by atoms with Crippen molar-refractivity contribution < 1.29 is 9.85 Å². The SMILES string of the molecule is C/C(=C/C=N/Nc1ccc([N+](=O)[O-])cc1[N+](=O)[O-])c1ccccc1. The maximum Gasteiger partial charge on any atom is 0.301 e. The number of rotatable bonds is 6. The van der Waals surface area contributed by atoms with Crippen LogP contribution in [0.2, 0.25) is 0 Å². The Hall–Kier alpha value is -3.55. The number of nitro groups is 2. The molecule has 2 rings (SSSR count). The van der Waals surface area contributed by atoms with Gasteiger partial charge in [-0.1, -0.05) is 30.3 Å². The molecule has 0 spiro atoms. The molecule has 0 atom stereocenters. The van der Waals surface area contributed by atoms with Crippen molar-refractivity contribution in [1.29, 1.82) is 0 Å². The van der Waals surface area contributed by atoms with Crippen LogP contribution in [0.15, 0.2) is 59.7 Å². The van der Waals surface area contributed by atoms with Crippen molar-refractivity contribution >= 4 is 28.8 Å². The van der Waals surface area contributed by atoms with E-state index in [0.717, 1.165) is 17.2 Å². The molecular weight excluding hydrogens is 312 g/mol. The maximum absolute atomic E-state index is 11.0. The summed E-state index contributed by atoms with van der Waals surface area (Å²) in [7, 11) is 0. The molecule has 0 unspecified atom stereocenters. The second-order valence-corrected chi connectivity index (χ2v) is 4.82. The third-order valence-corrected chi connectivity index (χ3v) is 3.20. The number of nitro benzene ring substituents is 2. The molecule has 8 heteroatoms. The molecule has 24 heavy (non-hydrogen) atoms. The lowest BCUT2D eigenvalue weighted by Crippen LogP contribution is -1.98. The van der Waals surface area contributed by atoms with Crippen molar-refractivity contribution in [2.24, 2.45) is 5.10 Å². The molecule has 0 aliphatic rings. The van der Waals surface area contributed by atoms with Gasteiger partial charge in [0, 0.05) is 12.3 Å². The summed E-state index contributed by atoms with van der Waals surface area (Å²) in [6.45, 7) is 1.91. The van der Waals surface area contributed by atoms with Crippen molar-refractivity contribution in [3.8, 4) is 0 Å². The van der Waals surface area contributed by atoms with Crippen molar-refractivity contribution in [2.75, 3.05) is 5.43 Å². The molecule has 2 aromatic carbocycles. The van der Waals surface area contributed by atoms with Gasteiger partial charge in [0.05, 0.1) is 15.9 Å². The average Bonchev–Trinajstić information content (AvgIpc) is 2.59. The Morgan fingerprint density at radius 3 is 2.42 bits per heavy atom. The van der Waals surface area contributed by atoms with Crippen LogP contribution in [0, 0.1) is 20.2 Å². The first kappa shape index (κ1) is 16.8. The number of hydrogen-bond acceptors (Lipinski definition) is 6. The number of hydrogen-bond donors (Lipinski definition) is 1. The maximum atomic E-state index is 11.0. The Labute approximate surface area is 137 Å². The fourth-order valence-electron chi connectivity index (χ4n) is 1.93. The quantitative estimate of drug-likeness (QED) is 0.490. The molecule has 0 aromatic heterocycles. The van der Waals surface area contributed by atoms with Gasteiger partial charge in [0.1, 0.15) is 5.69 Å². The minimum Gasteiger partial charge on any atom is -0.272 e. The summed E-state index contributed by atoms with van der Waals surface area (Å²) in [6.07, 6.45) is 3.22. The summed E-state index contributed by atoms with van der Waals surface area (Å²) in [4.78, 5) is 20.3. The minimum absolute atomic E-state index is 0.0765. The van der Waals surface area contributed by atoms with E-state index in [2.05, 4.69) is 10.5 Å². The number of nitrogens with zero attached hydrogens (tertiary/aromatic N) is 3. The van der Waals surface area contributed by atoms with Crippen molar-refractivity contribution in [3.05, 3.63) is 80.4 Å². The normalized spacial score (nSPS) is 11.5. The molecule has 0 fully saturated rings. The number of hydrazone groups is 1. The van der Waals surface area contributed by atoms with Crippen LogP contribution in [-0.4, -0.2) is 16.1 Å². The molecule has 122 valence electrons. The second-order valence-electron chi connectivity index (χ2n) is 4.82. The first-order chi connectivity index (χ1) is 11.5. The van der Waals surface area contributed by atoms with E-state index in [1.807, 2.05) is 37.3 Å². The Morgan fingerprint density at radius 2 is 1.79 bits per heavy atom. The standard InChI is InChI=1S/C16H14N4O4/c1-12(13-5-3-2-4-6-13)9-10-17-18-15-8-7-14(19(21)22)11-16(15)20(23)24/h2-11,18H,1H3/b12-9-,17-10+. The molecule has 0 heterocycles. The Kier molecular flexibility index (Phi) is 5.35. The van der Waals surface area contributed by atoms with Crippen LogP contribution in [0.3, 0.4) is 0 Å². The van der Waals surface area contributed by atoms with Crippen LogP contribution in [0.25, 0.3) is 5.57 Å². The molecule has 1 N–H and O–H groups in total. The molecule has 0 amide bonds. The minimum atomic E-state index is -0.699. The lowest BCUT2D eigenvalue weighted by atomic mass is 10.1. The van der Waals surface area contributed by atoms with Gasteiger partial charge in [-0.05, 0) is 30.2 Å². The van der Waals surface area contributed by atoms with E-state index in [1.165, 1.54) is 18.3 Å². The van der Waals surface area contributed by atoms with Crippen LogP contribution in [-0.2, 0) is 0 Å². The molecule has 0 aliphatic carbocycles. The van der Waals surface area contributed by atoms with Gasteiger partial charge in [0.2, 0.25) is 0 Å². The Balaban J connectivity index is 2.14. The summed E-state index contributed by atoms with van der Waals surface area (Å²) >= 11 is 0. The fraction of sp³-hybridized carbons (Fsp3) is 0.0625. The van der Waals surface area contributed by atoms with Crippen molar-refractivity contribution in [3.63, 3.8) is 0 Å². The van der Waals surface area contributed by atoms with Gasteiger partial charge >= 0.3 is 5.69 Å². The molecule has 8 nitrogen and oxygen atoms in total. The number of benzene rings is 2. The topological polar surface area (TPSA) is 111 Å². The summed E-state index contributed by atoms with van der Waals surface area (Å²) in [5.74, 6) is 0. The molecule has 0 saturated heterocycles. The van der Waals surface area contributed by atoms with Gasteiger partial charge in [-0.15, -0.1) is 0 Å². The zero-order chi connectivity index (χ0) is 17.5. The first-order valence-electron chi connectivity index (χ1n) is 6.93. The van der Waals surface area contributed by atoms with Crippen LogP contribution in [0.4, 0.5) is 17.1 Å². The number of allylic oxidation sites excluding steroid dienone is 2. The largest absolute Gasteiger partial charge is 0.301 e. The van der Waals surface area contributed by atoms with Crippen LogP contribution in [0.1, 0.15) is 12.5 Å². The first-order valence-corrected chi connectivity index (χ1v) is 6.93. The monoisotopic (exact) mass is 326 g/mol. The van der Waals surface area contributed by atoms with Gasteiger partial charge in [0.15, 0.2) is 0 Å².